The van der Waals surface area contributed by atoms with E-state index in [1.54, 1.807) is 12.1 Å². The molecule has 4 heteroatoms. The molecule has 19 heavy (non-hydrogen) atoms. The van der Waals surface area contributed by atoms with Crippen molar-refractivity contribution in [3.05, 3.63) is 69.9 Å². The second kappa shape index (κ2) is 5.82. The predicted molar refractivity (Wildman–Crippen MR) is 77.2 cm³/mol. The first kappa shape index (κ1) is 14.2. The fourth-order valence-corrected chi connectivity index (χ4v) is 2.45. The molecule has 0 fully saturated rings. The second-order valence-electron chi connectivity index (χ2n) is 4.53. The second-order valence-corrected chi connectivity index (χ2v) is 5.38. The fourth-order valence-electron chi connectivity index (χ4n) is 2.03. The van der Waals surface area contributed by atoms with E-state index in [9.17, 15) is 9.50 Å². The molecule has 0 heterocycles. The maximum atomic E-state index is 13.2. The molecule has 0 saturated heterocycles. The van der Waals surface area contributed by atoms with Gasteiger partial charge in [0.2, 0.25) is 0 Å². The lowest BCUT2D eigenvalue weighted by Gasteiger charge is -2.27. The molecule has 1 unspecified atom stereocenters. The Morgan fingerprint density at radius 1 is 1.16 bits per heavy atom. The Kier molecular flexibility index (Phi) is 4.34. The minimum Gasteiger partial charge on any atom is -0.383 e. The largest absolute Gasteiger partial charge is 0.383 e. The van der Waals surface area contributed by atoms with Gasteiger partial charge in [-0.15, -0.1) is 0 Å². The van der Waals surface area contributed by atoms with Crippen molar-refractivity contribution in [1.82, 2.24) is 0 Å². The van der Waals surface area contributed by atoms with E-state index in [1.807, 2.05) is 30.3 Å². The normalized spacial score (nSPS) is 14.1. The number of rotatable bonds is 4. The first-order chi connectivity index (χ1) is 9.05. The minimum atomic E-state index is -1.14. The zero-order valence-corrected chi connectivity index (χ0v) is 11.9. The lowest BCUT2D eigenvalue weighted by atomic mass is 9.87. The Morgan fingerprint density at radius 2 is 1.84 bits per heavy atom. The zero-order chi connectivity index (χ0) is 13.9. The molecule has 0 saturated carbocycles. The smallest absolute Gasteiger partial charge is 0.137 e. The summed E-state index contributed by atoms with van der Waals surface area (Å²) in [5, 5.41) is 10.7. The van der Waals surface area contributed by atoms with Crippen LogP contribution in [-0.4, -0.2) is 11.7 Å². The number of hydrogen-bond donors (Lipinski definition) is 2. The Bertz CT molecular complexity index is 561. The monoisotopic (exact) mass is 323 g/mol. The van der Waals surface area contributed by atoms with Crippen LogP contribution in [0.15, 0.2) is 53.0 Å². The average Bonchev–Trinajstić information content (AvgIpc) is 2.44. The van der Waals surface area contributed by atoms with Gasteiger partial charge in [0.25, 0.3) is 0 Å². The Hall–Kier alpha value is -1.23. The van der Waals surface area contributed by atoms with Crippen LogP contribution in [0.2, 0.25) is 0 Å². The maximum absolute atomic E-state index is 13.2. The van der Waals surface area contributed by atoms with Crippen LogP contribution in [-0.2, 0) is 12.0 Å². The summed E-state index contributed by atoms with van der Waals surface area (Å²) < 4.78 is 13.6. The first-order valence-corrected chi connectivity index (χ1v) is 6.76. The van der Waals surface area contributed by atoms with Crippen LogP contribution in [0.25, 0.3) is 0 Å². The Balaban J connectivity index is 2.30. The summed E-state index contributed by atoms with van der Waals surface area (Å²) in [5.74, 6) is -0.320. The van der Waals surface area contributed by atoms with Crippen molar-refractivity contribution < 1.29 is 9.50 Å². The van der Waals surface area contributed by atoms with Gasteiger partial charge in [0.05, 0.1) is 4.47 Å². The Morgan fingerprint density at radius 3 is 2.42 bits per heavy atom. The van der Waals surface area contributed by atoms with Crippen LogP contribution in [0.5, 0.6) is 0 Å². The molecule has 0 aromatic heterocycles. The number of benzene rings is 2. The molecule has 0 aliphatic carbocycles. The van der Waals surface area contributed by atoms with E-state index in [4.69, 9.17) is 5.73 Å². The highest BCUT2D eigenvalue weighted by atomic mass is 79.9. The molecule has 2 aromatic rings. The van der Waals surface area contributed by atoms with Crippen molar-refractivity contribution in [3.8, 4) is 0 Å². The standard InChI is InChI=1S/C15H15BrFNO/c16-13-8-11(6-7-14(13)17)9-15(19,10-18)12-4-2-1-3-5-12/h1-8,19H,9-10,18H2. The molecule has 2 aromatic carbocycles. The lowest BCUT2D eigenvalue weighted by Crippen LogP contribution is -2.37. The van der Waals surface area contributed by atoms with Crippen LogP contribution < -0.4 is 5.73 Å². The zero-order valence-electron chi connectivity index (χ0n) is 10.3. The molecule has 1 atom stereocenters. The topological polar surface area (TPSA) is 46.2 Å². The summed E-state index contributed by atoms with van der Waals surface area (Å²) >= 11 is 3.14. The van der Waals surface area contributed by atoms with Gasteiger partial charge in [-0.25, -0.2) is 4.39 Å². The number of nitrogens with two attached hydrogens (primary N) is 1. The molecule has 2 rings (SSSR count). The average molecular weight is 324 g/mol. The molecule has 0 aliphatic heterocycles. The number of hydrogen-bond acceptors (Lipinski definition) is 2. The molecule has 0 bridgehead atoms. The third kappa shape index (κ3) is 3.21. The van der Waals surface area contributed by atoms with E-state index in [1.165, 1.54) is 6.07 Å². The van der Waals surface area contributed by atoms with Gasteiger partial charge in [-0.1, -0.05) is 36.4 Å². The highest BCUT2D eigenvalue weighted by Gasteiger charge is 2.27. The van der Waals surface area contributed by atoms with E-state index in [0.29, 0.717) is 10.9 Å². The Labute approximate surface area is 120 Å². The van der Waals surface area contributed by atoms with Crippen LogP contribution in [0.3, 0.4) is 0 Å². The molecular weight excluding hydrogens is 309 g/mol. The summed E-state index contributed by atoms with van der Waals surface area (Å²) in [5.41, 5.74) is 6.16. The van der Waals surface area contributed by atoms with E-state index < -0.39 is 5.60 Å². The van der Waals surface area contributed by atoms with Gasteiger partial charge in [0.1, 0.15) is 11.4 Å². The van der Waals surface area contributed by atoms with Gasteiger partial charge >= 0.3 is 0 Å². The molecule has 100 valence electrons. The van der Waals surface area contributed by atoms with Gasteiger partial charge in [0.15, 0.2) is 0 Å². The van der Waals surface area contributed by atoms with Crippen molar-refractivity contribution >= 4 is 15.9 Å². The van der Waals surface area contributed by atoms with Gasteiger partial charge in [-0.2, -0.15) is 0 Å². The van der Waals surface area contributed by atoms with Crippen molar-refractivity contribution in [2.45, 2.75) is 12.0 Å². The van der Waals surface area contributed by atoms with Crippen LogP contribution in [0.4, 0.5) is 4.39 Å². The summed E-state index contributed by atoms with van der Waals surface area (Å²) in [6.45, 7) is 0.103. The predicted octanol–water partition coefficient (Wildman–Crippen LogP) is 2.98. The van der Waals surface area contributed by atoms with Crippen LogP contribution in [0, 0.1) is 5.82 Å². The van der Waals surface area contributed by atoms with Crippen molar-refractivity contribution in [2.75, 3.05) is 6.54 Å². The summed E-state index contributed by atoms with van der Waals surface area (Å²) in [7, 11) is 0. The van der Waals surface area contributed by atoms with Crippen LogP contribution in [0.1, 0.15) is 11.1 Å². The summed E-state index contributed by atoms with van der Waals surface area (Å²) in [4.78, 5) is 0. The van der Waals surface area contributed by atoms with Gasteiger partial charge < -0.3 is 10.8 Å². The van der Waals surface area contributed by atoms with Crippen molar-refractivity contribution in [1.29, 1.82) is 0 Å². The molecule has 3 N–H and O–H groups in total. The highest BCUT2D eigenvalue weighted by Crippen LogP contribution is 2.26. The third-order valence-electron chi connectivity index (χ3n) is 3.13. The van der Waals surface area contributed by atoms with Gasteiger partial charge in [0, 0.05) is 13.0 Å². The fraction of sp³-hybridized carbons (Fsp3) is 0.200. The van der Waals surface area contributed by atoms with Crippen molar-refractivity contribution in [2.24, 2.45) is 5.73 Å². The summed E-state index contributed by atoms with van der Waals surface area (Å²) in [6.07, 6.45) is 0.340. The molecule has 0 radical (unpaired) electrons. The molecule has 0 amide bonds. The van der Waals surface area contributed by atoms with Gasteiger partial charge in [-0.3, -0.25) is 0 Å². The van der Waals surface area contributed by atoms with E-state index in [-0.39, 0.29) is 12.4 Å². The first-order valence-electron chi connectivity index (χ1n) is 5.97. The molecular formula is C15H15BrFNO. The quantitative estimate of drug-likeness (QED) is 0.908. The molecule has 2 nitrogen and oxygen atoms in total. The van der Waals surface area contributed by atoms with Gasteiger partial charge in [-0.05, 0) is 39.2 Å². The van der Waals surface area contributed by atoms with Crippen molar-refractivity contribution in [3.63, 3.8) is 0 Å². The lowest BCUT2D eigenvalue weighted by molar-refractivity contribution is 0.0462. The minimum absolute atomic E-state index is 0.103. The molecule has 0 spiro atoms. The maximum Gasteiger partial charge on any atom is 0.137 e. The number of aliphatic hydroxyl groups is 1. The summed E-state index contributed by atoms with van der Waals surface area (Å²) in [6, 6.07) is 14.0. The number of halogens is 2. The van der Waals surface area contributed by atoms with E-state index >= 15 is 0 Å². The van der Waals surface area contributed by atoms with Crippen LogP contribution >= 0.6 is 15.9 Å². The van der Waals surface area contributed by atoms with E-state index in [0.717, 1.165) is 11.1 Å². The highest BCUT2D eigenvalue weighted by molar-refractivity contribution is 9.10. The third-order valence-corrected chi connectivity index (χ3v) is 3.74. The van der Waals surface area contributed by atoms with E-state index in [2.05, 4.69) is 15.9 Å². The molecule has 0 aliphatic rings. The SMILES string of the molecule is NCC(O)(Cc1ccc(F)c(Br)c1)c1ccccc1.